The Hall–Kier alpha value is -1.84. The Morgan fingerprint density at radius 3 is 2.24 bits per heavy atom. The third-order valence-electron chi connectivity index (χ3n) is 2.92. The Morgan fingerprint density at radius 2 is 1.71 bits per heavy atom. The Balaban J connectivity index is 2.02. The van der Waals surface area contributed by atoms with Crippen molar-refractivity contribution in [1.82, 2.24) is 0 Å². The van der Waals surface area contributed by atoms with E-state index in [1.165, 1.54) is 25.0 Å². The van der Waals surface area contributed by atoms with Crippen molar-refractivity contribution in [2.45, 2.75) is 31.8 Å². The number of rotatable bonds is 4. The van der Waals surface area contributed by atoms with Gasteiger partial charge in [-0.05, 0) is 49.9 Å². The lowest BCUT2D eigenvalue weighted by atomic mass is 10.1. The summed E-state index contributed by atoms with van der Waals surface area (Å²) in [4.78, 5) is 21.6. The molecule has 2 rings (SSSR count). The van der Waals surface area contributed by atoms with Crippen molar-refractivity contribution in [2.24, 2.45) is 0 Å². The summed E-state index contributed by atoms with van der Waals surface area (Å²) in [6.45, 7) is 0. The number of ether oxygens (including phenoxy) is 1. The fourth-order valence-electron chi connectivity index (χ4n) is 2.01. The number of aliphatic carboxylic acids is 1. The zero-order valence-corrected chi connectivity index (χ0v) is 9.39. The minimum atomic E-state index is -1.44. The van der Waals surface area contributed by atoms with Crippen LogP contribution in [0.1, 0.15) is 36.0 Å². The average molecular weight is 234 g/mol. The van der Waals surface area contributed by atoms with Crippen LogP contribution >= 0.6 is 0 Å². The van der Waals surface area contributed by atoms with E-state index < -0.39 is 11.8 Å². The summed E-state index contributed by atoms with van der Waals surface area (Å²) in [6, 6.07) is 6.27. The molecule has 0 radical (unpaired) electrons. The third kappa shape index (κ3) is 2.84. The van der Waals surface area contributed by atoms with E-state index in [1.807, 2.05) is 0 Å². The van der Waals surface area contributed by atoms with Crippen LogP contribution in [-0.2, 0) is 4.79 Å². The predicted molar refractivity (Wildman–Crippen MR) is 61.3 cm³/mol. The SMILES string of the molecule is O=C(O)C(=O)c1ccc(OC2CCCC2)cc1. The van der Waals surface area contributed by atoms with E-state index in [0.29, 0.717) is 5.75 Å². The molecule has 0 unspecified atom stereocenters. The molecule has 0 aliphatic heterocycles. The summed E-state index contributed by atoms with van der Waals surface area (Å²) in [5.74, 6) is -1.63. The smallest absolute Gasteiger partial charge is 0.377 e. The molecule has 0 saturated heterocycles. The van der Waals surface area contributed by atoms with Crippen LogP contribution < -0.4 is 4.74 Å². The topological polar surface area (TPSA) is 63.6 Å². The quantitative estimate of drug-likeness (QED) is 0.641. The van der Waals surface area contributed by atoms with Gasteiger partial charge in [-0.15, -0.1) is 0 Å². The normalized spacial score (nSPS) is 15.8. The average Bonchev–Trinajstić information content (AvgIpc) is 2.82. The van der Waals surface area contributed by atoms with Crippen molar-refractivity contribution >= 4 is 11.8 Å². The maximum absolute atomic E-state index is 11.2. The van der Waals surface area contributed by atoms with Gasteiger partial charge in [0.2, 0.25) is 0 Å². The van der Waals surface area contributed by atoms with Crippen LogP contribution in [0.5, 0.6) is 5.75 Å². The molecule has 1 N–H and O–H groups in total. The van der Waals surface area contributed by atoms with Gasteiger partial charge in [-0.25, -0.2) is 4.79 Å². The molecule has 1 saturated carbocycles. The first kappa shape index (κ1) is 11.6. The molecule has 1 aliphatic carbocycles. The summed E-state index contributed by atoms with van der Waals surface area (Å²) in [7, 11) is 0. The molecule has 4 heteroatoms. The zero-order chi connectivity index (χ0) is 12.3. The highest BCUT2D eigenvalue weighted by atomic mass is 16.5. The maximum Gasteiger partial charge on any atom is 0.377 e. The molecule has 0 bridgehead atoms. The number of benzene rings is 1. The van der Waals surface area contributed by atoms with Gasteiger partial charge in [0.15, 0.2) is 0 Å². The molecular weight excluding hydrogens is 220 g/mol. The summed E-state index contributed by atoms with van der Waals surface area (Å²) < 4.78 is 5.71. The maximum atomic E-state index is 11.2. The molecule has 0 amide bonds. The Morgan fingerprint density at radius 1 is 1.12 bits per heavy atom. The predicted octanol–water partition coefficient (Wildman–Crippen LogP) is 2.28. The Labute approximate surface area is 99.2 Å². The van der Waals surface area contributed by atoms with Gasteiger partial charge in [0.1, 0.15) is 5.75 Å². The minimum Gasteiger partial charge on any atom is -0.490 e. The second kappa shape index (κ2) is 4.99. The lowest BCUT2D eigenvalue weighted by Gasteiger charge is -2.12. The van der Waals surface area contributed by atoms with Crippen LogP contribution in [0.4, 0.5) is 0 Å². The number of carboxylic acid groups (broad SMARTS) is 1. The van der Waals surface area contributed by atoms with E-state index >= 15 is 0 Å². The molecule has 90 valence electrons. The number of carbonyl (C=O) groups excluding carboxylic acids is 1. The standard InChI is InChI=1S/C13H14O4/c14-12(13(15)16)9-5-7-11(8-6-9)17-10-3-1-2-4-10/h5-8,10H,1-4H2,(H,15,16). The molecule has 4 nitrogen and oxygen atoms in total. The van der Waals surface area contributed by atoms with E-state index in [2.05, 4.69) is 0 Å². The molecule has 0 spiro atoms. The van der Waals surface area contributed by atoms with Gasteiger partial charge in [0.05, 0.1) is 6.10 Å². The number of carboxylic acids is 1. The highest BCUT2D eigenvalue weighted by Gasteiger charge is 2.17. The summed E-state index contributed by atoms with van der Waals surface area (Å²) in [5.41, 5.74) is 0.177. The van der Waals surface area contributed by atoms with Gasteiger partial charge in [-0.1, -0.05) is 0 Å². The third-order valence-corrected chi connectivity index (χ3v) is 2.92. The largest absolute Gasteiger partial charge is 0.490 e. The van der Waals surface area contributed by atoms with Crippen molar-refractivity contribution in [3.05, 3.63) is 29.8 Å². The fraction of sp³-hybridized carbons (Fsp3) is 0.385. The first-order valence-corrected chi connectivity index (χ1v) is 5.71. The number of carbonyl (C=O) groups is 2. The number of ketones is 1. The van der Waals surface area contributed by atoms with Gasteiger partial charge in [-0.3, -0.25) is 4.79 Å². The number of hydrogen-bond donors (Lipinski definition) is 1. The zero-order valence-electron chi connectivity index (χ0n) is 9.39. The van der Waals surface area contributed by atoms with Gasteiger partial charge in [0, 0.05) is 5.56 Å². The number of hydrogen-bond acceptors (Lipinski definition) is 3. The van der Waals surface area contributed by atoms with E-state index in [9.17, 15) is 9.59 Å². The lowest BCUT2D eigenvalue weighted by molar-refractivity contribution is -0.131. The molecular formula is C13H14O4. The second-order valence-corrected chi connectivity index (χ2v) is 4.18. The van der Waals surface area contributed by atoms with Crippen LogP contribution in [0.25, 0.3) is 0 Å². The molecule has 0 aromatic heterocycles. The first-order valence-electron chi connectivity index (χ1n) is 5.71. The summed E-state index contributed by atoms with van der Waals surface area (Å²) >= 11 is 0. The summed E-state index contributed by atoms with van der Waals surface area (Å²) in [6.07, 6.45) is 4.78. The van der Waals surface area contributed by atoms with Crippen LogP contribution in [0, 0.1) is 0 Å². The fourth-order valence-corrected chi connectivity index (χ4v) is 2.01. The first-order chi connectivity index (χ1) is 8.16. The minimum absolute atomic E-state index is 0.177. The van der Waals surface area contributed by atoms with Crippen LogP contribution in [-0.4, -0.2) is 23.0 Å². The molecule has 17 heavy (non-hydrogen) atoms. The van der Waals surface area contributed by atoms with E-state index in [4.69, 9.17) is 9.84 Å². The van der Waals surface area contributed by atoms with Crippen molar-refractivity contribution in [2.75, 3.05) is 0 Å². The van der Waals surface area contributed by atoms with Crippen LogP contribution in [0.2, 0.25) is 0 Å². The van der Waals surface area contributed by atoms with Crippen molar-refractivity contribution < 1.29 is 19.4 Å². The van der Waals surface area contributed by atoms with Gasteiger partial charge >= 0.3 is 5.97 Å². The van der Waals surface area contributed by atoms with E-state index in [1.54, 1.807) is 12.1 Å². The molecule has 1 aromatic carbocycles. The highest BCUT2D eigenvalue weighted by Crippen LogP contribution is 2.24. The molecule has 0 atom stereocenters. The monoisotopic (exact) mass is 234 g/mol. The van der Waals surface area contributed by atoms with E-state index in [0.717, 1.165) is 12.8 Å². The summed E-state index contributed by atoms with van der Waals surface area (Å²) in [5, 5.41) is 8.55. The Bertz CT molecular complexity index is 416. The number of Topliss-reactive ketones (excluding diaryl/α,β-unsaturated/α-hetero) is 1. The van der Waals surface area contributed by atoms with Crippen molar-refractivity contribution in [1.29, 1.82) is 0 Å². The molecule has 1 aliphatic rings. The van der Waals surface area contributed by atoms with E-state index in [-0.39, 0.29) is 11.7 Å². The van der Waals surface area contributed by atoms with Gasteiger partial charge < -0.3 is 9.84 Å². The van der Waals surface area contributed by atoms with Crippen LogP contribution in [0.15, 0.2) is 24.3 Å². The van der Waals surface area contributed by atoms with Crippen molar-refractivity contribution in [3.63, 3.8) is 0 Å². The lowest BCUT2D eigenvalue weighted by Crippen LogP contribution is -2.13. The highest BCUT2D eigenvalue weighted by molar-refractivity contribution is 6.39. The van der Waals surface area contributed by atoms with Gasteiger partial charge in [-0.2, -0.15) is 0 Å². The van der Waals surface area contributed by atoms with Crippen molar-refractivity contribution in [3.8, 4) is 5.75 Å². The second-order valence-electron chi connectivity index (χ2n) is 4.18. The van der Waals surface area contributed by atoms with Crippen LogP contribution in [0.3, 0.4) is 0 Å². The Kier molecular flexibility index (Phi) is 3.42. The molecule has 1 aromatic rings. The molecule has 1 fully saturated rings. The van der Waals surface area contributed by atoms with Gasteiger partial charge in [0.25, 0.3) is 5.78 Å². The molecule has 0 heterocycles.